The second-order valence-electron chi connectivity index (χ2n) is 8.39. The Kier molecular flexibility index (Phi) is 6.72. The van der Waals surface area contributed by atoms with Crippen LogP contribution in [0.1, 0.15) is 32.7 Å². The maximum Gasteiger partial charge on any atom is 0.279 e. The van der Waals surface area contributed by atoms with Gasteiger partial charge in [0.05, 0.1) is 30.3 Å². The van der Waals surface area contributed by atoms with Crippen molar-refractivity contribution >= 4 is 35.2 Å². The molecule has 2 aromatic carbocycles. The predicted octanol–water partition coefficient (Wildman–Crippen LogP) is 3.23. The lowest BCUT2D eigenvalue weighted by molar-refractivity contribution is -0.110. The van der Waals surface area contributed by atoms with Crippen LogP contribution in [-0.2, 0) is 11.3 Å². The Balaban J connectivity index is 1.22. The second-order valence-corrected chi connectivity index (χ2v) is 8.39. The molecule has 2 aromatic heterocycles. The third-order valence-electron chi connectivity index (χ3n) is 5.81. The molecule has 9 nitrogen and oxygen atoms in total. The average molecular weight is 514 g/mol. The predicted molar refractivity (Wildman–Crippen MR) is 137 cm³/mol. The van der Waals surface area contributed by atoms with Gasteiger partial charge in [-0.05, 0) is 41.5 Å². The Labute approximate surface area is 214 Å². The minimum atomic E-state index is -1.03. The summed E-state index contributed by atoms with van der Waals surface area (Å²) in [4.78, 5) is 44.5. The van der Waals surface area contributed by atoms with E-state index in [9.17, 15) is 23.2 Å². The molecular formula is C27H20F2N6O3. The molecule has 3 heterocycles. The Morgan fingerprint density at radius 3 is 2.74 bits per heavy atom. The molecule has 1 aliphatic rings. The number of carbonyl (C=O) groups is 2. The fourth-order valence-electron chi connectivity index (χ4n) is 3.95. The Morgan fingerprint density at radius 2 is 1.95 bits per heavy atom. The summed E-state index contributed by atoms with van der Waals surface area (Å²) in [6, 6.07) is 10.1. The number of anilines is 1. The summed E-state index contributed by atoms with van der Waals surface area (Å²) >= 11 is 0. The first-order chi connectivity index (χ1) is 18.4. The molecule has 0 unspecified atom stereocenters. The molecular weight excluding hydrogens is 494 g/mol. The van der Waals surface area contributed by atoms with Crippen LogP contribution in [0.5, 0.6) is 0 Å². The molecule has 5 rings (SSSR count). The SMILES string of the molecule is O=C1Nc2cc(/C=C/CNC(=O)c3ccnn(Cc4ccc(F)c(F)c4)c3=O)ccc2C1=Cc1cnc[nH]1. The van der Waals surface area contributed by atoms with Gasteiger partial charge in [0.1, 0.15) is 5.56 Å². The summed E-state index contributed by atoms with van der Waals surface area (Å²) in [5, 5.41) is 9.40. The minimum absolute atomic E-state index is 0.120. The zero-order valence-electron chi connectivity index (χ0n) is 19.7. The van der Waals surface area contributed by atoms with Crippen LogP contribution in [-0.4, -0.2) is 38.1 Å². The fourth-order valence-corrected chi connectivity index (χ4v) is 3.95. The summed E-state index contributed by atoms with van der Waals surface area (Å²) in [7, 11) is 0. The van der Waals surface area contributed by atoms with E-state index in [0.29, 0.717) is 22.5 Å². The molecule has 0 radical (unpaired) electrons. The van der Waals surface area contributed by atoms with Crippen LogP contribution < -0.4 is 16.2 Å². The monoisotopic (exact) mass is 514 g/mol. The van der Waals surface area contributed by atoms with Gasteiger partial charge in [0.2, 0.25) is 0 Å². The second kappa shape index (κ2) is 10.4. The summed E-state index contributed by atoms with van der Waals surface area (Å²) in [5.41, 5.74) is 3.03. The number of rotatable bonds is 7. The van der Waals surface area contributed by atoms with Crippen molar-refractivity contribution < 1.29 is 18.4 Å². The van der Waals surface area contributed by atoms with Gasteiger partial charge < -0.3 is 15.6 Å². The number of halogens is 2. The number of benzene rings is 2. The summed E-state index contributed by atoms with van der Waals surface area (Å²) in [5.74, 6) is -2.84. The Bertz CT molecular complexity index is 1660. The lowest BCUT2D eigenvalue weighted by Gasteiger charge is -2.07. The topological polar surface area (TPSA) is 122 Å². The van der Waals surface area contributed by atoms with E-state index in [4.69, 9.17) is 0 Å². The highest BCUT2D eigenvalue weighted by atomic mass is 19.2. The van der Waals surface area contributed by atoms with Crippen molar-refractivity contribution in [3.8, 4) is 0 Å². The number of hydrogen-bond donors (Lipinski definition) is 3. The van der Waals surface area contributed by atoms with Crippen LogP contribution in [0.15, 0.2) is 72.1 Å². The fraction of sp³-hybridized carbons (Fsp3) is 0.0741. The maximum atomic E-state index is 13.5. The van der Waals surface area contributed by atoms with Crippen LogP contribution in [0.2, 0.25) is 0 Å². The first-order valence-electron chi connectivity index (χ1n) is 11.5. The number of imidazole rings is 1. The first kappa shape index (κ1) is 24.5. The summed E-state index contributed by atoms with van der Waals surface area (Å²) in [6.07, 6.45) is 9.66. The van der Waals surface area contributed by atoms with Gasteiger partial charge in [-0.2, -0.15) is 5.10 Å². The van der Waals surface area contributed by atoms with Gasteiger partial charge in [0.25, 0.3) is 17.4 Å². The average Bonchev–Trinajstić information content (AvgIpc) is 3.53. The van der Waals surface area contributed by atoms with Gasteiger partial charge in [0, 0.05) is 24.0 Å². The number of H-pyrrole nitrogens is 1. The molecule has 38 heavy (non-hydrogen) atoms. The van der Waals surface area contributed by atoms with E-state index in [-0.39, 0.29) is 24.6 Å². The van der Waals surface area contributed by atoms with E-state index in [0.717, 1.165) is 27.9 Å². The lowest BCUT2D eigenvalue weighted by atomic mass is 10.0. The maximum absolute atomic E-state index is 13.5. The van der Waals surface area contributed by atoms with Crippen molar-refractivity contribution in [1.29, 1.82) is 0 Å². The van der Waals surface area contributed by atoms with Gasteiger partial charge in [-0.3, -0.25) is 14.4 Å². The molecule has 0 saturated heterocycles. The lowest BCUT2D eigenvalue weighted by Crippen LogP contribution is -2.34. The van der Waals surface area contributed by atoms with Gasteiger partial charge in [-0.25, -0.2) is 18.4 Å². The Hall–Kier alpha value is -5.19. The highest BCUT2D eigenvalue weighted by molar-refractivity contribution is 6.34. The molecule has 1 aliphatic heterocycles. The van der Waals surface area contributed by atoms with Crippen molar-refractivity contribution in [2.75, 3.05) is 11.9 Å². The molecule has 0 fully saturated rings. The van der Waals surface area contributed by atoms with Crippen LogP contribution in [0.4, 0.5) is 14.5 Å². The number of aromatic nitrogens is 4. The summed E-state index contributed by atoms with van der Waals surface area (Å²) < 4.78 is 27.6. The molecule has 0 spiro atoms. The number of fused-ring (bicyclic) bond motifs is 1. The number of carbonyl (C=O) groups excluding carboxylic acids is 2. The molecule has 0 bridgehead atoms. The smallest absolute Gasteiger partial charge is 0.279 e. The summed E-state index contributed by atoms with van der Waals surface area (Å²) in [6.45, 7) is 0.0168. The van der Waals surface area contributed by atoms with Gasteiger partial charge in [-0.15, -0.1) is 0 Å². The van der Waals surface area contributed by atoms with Crippen molar-refractivity contribution in [3.63, 3.8) is 0 Å². The van der Waals surface area contributed by atoms with Gasteiger partial charge in [-0.1, -0.05) is 30.4 Å². The van der Waals surface area contributed by atoms with E-state index < -0.39 is 23.1 Å². The quantitative estimate of drug-likeness (QED) is 0.327. The molecule has 11 heteroatoms. The van der Waals surface area contributed by atoms with Crippen molar-refractivity contribution in [3.05, 3.63) is 117 Å². The first-order valence-corrected chi connectivity index (χ1v) is 11.5. The molecule has 4 aromatic rings. The number of amides is 2. The molecule has 190 valence electrons. The van der Waals surface area contributed by atoms with E-state index in [2.05, 4.69) is 25.7 Å². The van der Waals surface area contributed by atoms with Gasteiger partial charge in [0.15, 0.2) is 11.6 Å². The highest BCUT2D eigenvalue weighted by Crippen LogP contribution is 2.33. The number of nitrogens with one attached hydrogen (secondary N) is 3. The van der Waals surface area contributed by atoms with Crippen molar-refractivity contribution in [2.24, 2.45) is 0 Å². The number of hydrogen-bond acceptors (Lipinski definition) is 5. The van der Waals surface area contributed by atoms with Crippen molar-refractivity contribution in [1.82, 2.24) is 25.1 Å². The zero-order valence-corrected chi connectivity index (χ0v) is 19.7. The highest BCUT2D eigenvalue weighted by Gasteiger charge is 2.24. The third-order valence-corrected chi connectivity index (χ3v) is 5.81. The normalized spacial score (nSPS) is 13.6. The van der Waals surface area contributed by atoms with Gasteiger partial charge >= 0.3 is 0 Å². The van der Waals surface area contributed by atoms with E-state index in [1.807, 2.05) is 18.2 Å². The molecule has 0 saturated carbocycles. The Morgan fingerprint density at radius 1 is 1.08 bits per heavy atom. The van der Waals surface area contributed by atoms with Crippen LogP contribution in [0, 0.1) is 11.6 Å². The molecule has 0 aliphatic carbocycles. The van der Waals surface area contributed by atoms with Crippen LogP contribution >= 0.6 is 0 Å². The largest absolute Gasteiger partial charge is 0.348 e. The van der Waals surface area contributed by atoms with E-state index >= 15 is 0 Å². The molecule has 0 atom stereocenters. The van der Waals surface area contributed by atoms with E-state index in [1.54, 1.807) is 24.4 Å². The minimum Gasteiger partial charge on any atom is -0.348 e. The molecule has 3 N–H and O–H groups in total. The molecule has 2 amide bonds. The van der Waals surface area contributed by atoms with E-state index in [1.165, 1.54) is 24.7 Å². The number of aromatic amines is 1. The third kappa shape index (κ3) is 5.16. The van der Waals surface area contributed by atoms with Crippen molar-refractivity contribution in [2.45, 2.75) is 6.54 Å². The van der Waals surface area contributed by atoms with Crippen LogP contribution in [0.3, 0.4) is 0 Å². The standard InChI is InChI=1S/C27H20F2N6O3/c28-22-6-4-17(10-23(22)29)14-35-27(38)20(7-9-33-35)25(36)31-8-1-2-16-3-5-19-21(12-18-13-30-15-32-18)26(37)34-24(19)11-16/h1-7,9-13,15H,8,14H2,(H,30,32)(H,31,36)(H,34,37)/b2-1+,21-12?. The number of nitrogens with zero attached hydrogens (tertiary/aromatic N) is 3. The van der Waals surface area contributed by atoms with Crippen LogP contribution in [0.25, 0.3) is 17.7 Å². The zero-order chi connectivity index (χ0) is 26.6.